The zero-order valence-corrected chi connectivity index (χ0v) is 18.0. The summed E-state index contributed by atoms with van der Waals surface area (Å²) in [5.41, 5.74) is 9.73. The van der Waals surface area contributed by atoms with Gasteiger partial charge in [0.1, 0.15) is 12.1 Å². The fourth-order valence-corrected chi connectivity index (χ4v) is 3.63. The van der Waals surface area contributed by atoms with E-state index in [-0.39, 0.29) is 17.7 Å². The van der Waals surface area contributed by atoms with E-state index in [1.165, 1.54) is 12.1 Å². The maximum absolute atomic E-state index is 11.1. The lowest BCUT2D eigenvalue weighted by atomic mass is 10.1. The molecule has 3 heterocycles. The van der Waals surface area contributed by atoms with Gasteiger partial charge in [-0.2, -0.15) is 4.98 Å². The second kappa shape index (κ2) is 8.54. The summed E-state index contributed by atoms with van der Waals surface area (Å²) in [4.78, 5) is 32.3. The third-order valence-corrected chi connectivity index (χ3v) is 5.33. The number of nitro groups is 1. The van der Waals surface area contributed by atoms with Crippen molar-refractivity contribution in [3.63, 3.8) is 0 Å². The van der Waals surface area contributed by atoms with Crippen LogP contribution in [0.25, 0.3) is 28.1 Å². The van der Waals surface area contributed by atoms with Crippen molar-refractivity contribution in [2.75, 3.05) is 11.1 Å². The number of nitro benzene ring substituents is 1. The van der Waals surface area contributed by atoms with Crippen LogP contribution in [-0.4, -0.2) is 34.4 Å². The number of fused-ring (bicyclic) bond motifs is 1. The van der Waals surface area contributed by atoms with Gasteiger partial charge in [-0.25, -0.2) is 19.9 Å². The van der Waals surface area contributed by atoms with E-state index in [0.717, 1.165) is 22.2 Å². The van der Waals surface area contributed by atoms with Gasteiger partial charge >= 0.3 is 0 Å². The monoisotopic (exact) mass is 453 g/mol. The molecule has 2 aromatic carbocycles. The van der Waals surface area contributed by atoms with Gasteiger partial charge in [0.15, 0.2) is 0 Å². The maximum Gasteiger partial charge on any atom is 0.269 e. The highest BCUT2D eigenvalue weighted by Gasteiger charge is 2.13. The molecule has 3 N–H and O–H groups in total. The molecular formula is C23H19N9O2. The van der Waals surface area contributed by atoms with E-state index in [9.17, 15) is 10.1 Å². The molecule has 5 rings (SSSR count). The number of aromatic nitrogens is 6. The molecule has 0 aliphatic carbocycles. The highest BCUT2D eigenvalue weighted by molar-refractivity contribution is 5.82. The molecule has 0 aliphatic rings. The molecule has 0 aliphatic heterocycles. The molecule has 0 radical (unpaired) electrons. The smallest absolute Gasteiger partial charge is 0.269 e. The van der Waals surface area contributed by atoms with Gasteiger partial charge in [0, 0.05) is 30.1 Å². The molecule has 168 valence electrons. The fraction of sp³-hybridized carbons (Fsp3) is 0.0870. The van der Waals surface area contributed by atoms with Gasteiger partial charge in [0.05, 0.1) is 27.7 Å². The van der Waals surface area contributed by atoms with Crippen molar-refractivity contribution in [3.8, 4) is 17.1 Å². The first kappa shape index (κ1) is 20.9. The molecular weight excluding hydrogens is 434 g/mol. The molecule has 1 atom stereocenters. The quantitative estimate of drug-likeness (QED) is 0.288. The molecule has 0 saturated heterocycles. The topological polar surface area (TPSA) is 151 Å². The van der Waals surface area contributed by atoms with E-state index in [2.05, 4.69) is 30.2 Å². The van der Waals surface area contributed by atoms with Crippen molar-refractivity contribution in [2.45, 2.75) is 13.0 Å². The predicted octanol–water partition coefficient (Wildman–Crippen LogP) is 3.94. The molecule has 3 aromatic heterocycles. The zero-order valence-electron chi connectivity index (χ0n) is 18.0. The summed E-state index contributed by atoms with van der Waals surface area (Å²) in [7, 11) is 0. The minimum Gasteiger partial charge on any atom is -0.368 e. The van der Waals surface area contributed by atoms with Crippen LogP contribution in [0, 0.1) is 10.1 Å². The molecule has 0 spiro atoms. The molecule has 0 fully saturated rings. The van der Waals surface area contributed by atoms with E-state index in [1.807, 2.05) is 35.8 Å². The summed E-state index contributed by atoms with van der Waals surface area (Å²) in [6, 6.07) is 15.6. The van der Waals surface area contributed by atoms with E-state index in [1.54, 1.807) is 36.9 Å². The van der Waals surface area contributed by atoms with Gasteiger partial charge in [-0.3, -0.25) is 14.7 Å². The molecule has 11 heteroatoms. The highest BCUT2D eigenvalue weighted by Crippen LogP contribution is 2.25. The molecule has 5 aromatic rings. The Hall–Kier alpha value is -4.93. The van der Waals surface area contributed by atoms with Gasteiger partial charge in [-0.05, 0) is 36.8 Å². The lowest BCUT2D eigenvalue weighted by molar-refractivity contribution is -0.384. The van der Waals surface area contributed by atoms with Crippen LogP contribution in [0.5, 0.6) is 0 Å². The molecule has 34 heavy (non-hydrogen) atoms. The number of nitrogens with two attached hydrogens (primary N) is 1. The van der Waals surface area contributed by atoms with E-state index >= 15 is 0 Å². The third kappa shape index (κ3) is 4.09. The third-order valence-electron chi connectivity index (χ3n) is 5.33. The number of nitrogens with one attached hydrogen (secondary N) is 1. The molecule has 0 unspecified atom stereocenters. The van der Waals surface area contributed by atoms with Crippen LogP contribution in [0.1, 0.15) is 18.5 Å². The Balaban J connectivity index is 1.42. The van der Waals surface area contributed by atoms with Crippen LogP contribution in [0.3, 0.4) is 0 Å². The van der Waals surface area contributed by atoms with Crippen LogP contribution in [0.2, 0.25) is 0 Å². The predicted molar refractivity (Wildman–Crippen MR) is 127 cm³/mol. The fourth-order valence-electron chi connectivity index (χ4n) is 3.63. The Kier molecular flexibility index (Phi) is 5.26. The first-order valence-electron chi connectivity index (χ1n) is 10.4. The van der Waals surface area contributed by atoms with E-state index in [4.69, 9.17) is 5.73 Å². The number of rotatable bonds is 6. The van der Waals surface area contributed by atoms with Crippen LogP contribution >= 0.6 is 0 Å². The number of imidazole rings is 1. The van der Waals surface area contributed by atoms with Gasteiger partial charge < -0.3 is 11.1 Å². The van der Waals surface area contributed by atoms with Crippen LogP contribution in [0.15, 0.2) is 73.3 Å². The summed E-state index contributed by atoms with van der Waals surface area (Å²) in [5, 5.41) is 14.3. The summed E-state index contributed by atoms with van der Waals surface area (Å²) in [6.45, 7) is 1.89. The van der Waals surface area contributed by atoms with Crippen molar-refractivity contribution < 1.29 is 4.92 Å². The average molecular weight is 453 g/mol. The Morgan fingerprint density at radius 3 is 2.71 bits per heavy atom. The van der Waals surface area contributed by atoms with Crippen LogP contribution in [0.4, 0.5) is 17.6 Å². The number of hydrogen-bond acceptors (Lipinski definition) is 9. The van der Waals surface area contributed by atoms with Crippen molar-refractivity contribution >= 4 is 28.6 Å². The number of hydrogen-bond donors (Lipinski definition) is 2. The first-order chi connectivity index (χ1) is 16.5. The summed E-state index contributed by atoms with van der Waals surface area (Å²) < 4.78 is 1.86. The lowest BCUT2D eigenvalue weighted by Gasteiger charge is -2.14. The lowest BCUT2D eigenvalue weighted by Crippen LogP contribution is -2.11. The van der Waals surface area contributed by atoms with Gasteiger partial charge in [0.2, 0.25) is 11.9 Å². The highest BCUT2D eigenvalue weighted by atomic mass is 16.6. The SMILES string of the molecule is C[C@H](Nc1nccc(-n2cnc3cc(-c4ccnc(N)n4)ccc32)n1)c1cccc([N+](=O)[O-])c1. The second-order valence-electron chi connectivity index (χ2n) is 7.57. The van der Waals surface area contributed by atoms with Gasteiger partial charge in [-0.1, -0.05) is 18.2 Å². The minimum atomic E-state index is -0.414. The first-order valence-corrected chi connectivity index (χ1v) is 10.4. The second-order valence-corrected chi connectivity index (χ2v) is 7.57. The summed E-state index contributed by atoms with van der Waals surface area (Å²) in [5.74, 6) is 1.24. The van der Waals surface area contributed by atoms with Crippen molar-refractivity contribution in [1.82, 2.24) is 29.5 Å². The number of anilines is 2. The van der Waals surface area contributed by atoms with Crippen LogP contribution in [-0.2, 0) is 0 Å². The van der Waals surface area contributed by atoms with E-state index < -0.39 is 4.92 Å². The number of nitrogens with zero attached hydrogens (tertiary/aromatic N) is 7. The number of non-ortho nitro benzene ring substituents is 1. The number of nitrogen functional groups attached to an aromatic ring is 1. The Labute approximate surface area is 193 Å². The Morgan fingerprint density at radius 2 is 1.88 bits per heavy atom. The molecule has 0 amide bonds. The summed E-state index contributed by atoms with van der Waals surface area (Å²) in [6.07, 6.45) is 4.96. The molecule has 11 nitrogen and oxygen atoms in total. The number of benzene rings is 2. The average Bonchev–Trinajstić information content (AvgIpc) is 3.27. The zero-order chi connectivity index (χ0) is 23.7. The molecule has 0 saturated carbocycles. The minimum absolute atomic E-state index is 0.0368. The van der Waals surface area contributed by atoms with Crippen molar-refractivity contribution in [1.29, 1.82) is 0 Å². The molecule has 0 bridgehead atoms. The van der Waals surface area contributed by atoms with Crippen LogP contribution < -0.4 is 11.1 Å². The largest absolute Gasteiger partial charge is 0.368 e. The normalized spacial score (nSPS) is 11.9. The Morgan fingerprint density at radius 1 is 1.03 bits per heavy atom. The summed E-state index contributed by atoms with van der Waals surface area (Å²) >= 11 is 0. The van der Waals surface area contributed by atoms with Gasteiger partial charge in [0.25, 0.3) is 5.69 Å². The van der Waals surface area contributed by atoms with Crippen molar-refractivity contribution in [3.05, 3.63) is 89.0 Å². The van der Waals surface area contributed by atoms with E-state index in [0.29, 0.717) is 17.5 Å². The Bertz CT molecular complexity index is 1520. The maximum atomic E-state index is 11.1. The van der Waals surface area contributed by atoms with Crippen molar-refractivity contribution in [2.24, 2.45) is 0 Å². The van der Waals surface area contributed by atoms with Gasteiger partial charge in [-0.15, -0.1) is 0 Å². The standard InChI is InChI=1S/C23H19N9O2/c1-14(15-3-2-4-17(11-15)32(33)34)28-23-26-10-8-21(30-23)31-13-27-19-12-16(5-6-20(19)31)18-7-9-25-22(24)29-18/h2-14H,1H3,(H2,24,25,29)(H,26,28,30)/t14-/m0/s1.